The van der Waals surface area contributed by atoms with Crippen molar-refractivity contribution in [2.75, 3.05) is 6.54 Å². The Bertz CT molecular complexity index is 460. The van der Waals surface area contributed by atoms with Crippen molar-refractivity contribution in [1.29, 1.82) is 0 Å². The molecule has 20 heavy (non-hydrogen) atoms. The van der Waals surface area contributed by atoms with Crippen molar-refractivity contribution in [3.63, 3.8) is 0 Å². The van der Waals surface area contributed by atoms with Crippen molar-refractivity contribution in [1.82, 2.24) is 9.03 Å². The van der Waals surface area contributed by atoms with Crippen molar-refractivity contribution >= 4 is 22.1 Å². The standard InChI is InChI=1S/C12H22N2O5S/c1-9(2)19-12(16)13-20(17,18)14-7-5-4-6-11(14)8-10(3)15/h9,11H,4-8H2,1-3H3,(H,13,16). The minimum absolute atomic E-state index is 0.0677. The topological polar surface area (TPSA) is 92.8 Å². The molecule has 0 bridgehead atoms. The van der Waals surface area contributed by atoms with Crippen LogP contribution in [0.4, 0.5) is 4.79 Å². The van der Waals surface area contributed by atoms with Crippen molar-refractivity contribution in [2.24, 2.45) is 0 Å². The molecule has 7 nitrogen and oxygen atoms in total. The predicted molar refractivity (Wildman–Crippen MR) is 73.3 cm³/mol. The van der Waals surface area contributed by atoms with Crippen LogP contribution in [0.3, 0.4) is 0 Å². The third-order valence-electron chi connectivity index (χ3n) is 2.96. The molecule has 1 aliphatic heterocycles. The average Bonchev–Trinajstić information content (AvgIpc) is 2.26. The fourth-order valence-electron chi connectivity index (χ4n) is 2.23. The average molecular weight is 306 g/mol. The van der Waals surface area contributed by atoms with Gasteiger partial charge in [0.05, 0.1) is 6.10 Å². The lowest BCUT2D eigenvalue weighted by Gasteiger charge is -2.33. The van der Waals surface area contributed by atoms with Gasteiger partial charge in [0.15, 0.2) is 0 Å². The highest BCUT2D eigenvalue weighted by Gasteiger charge is 2.34. The van der Waals surface area contributed by atoms with Crippen LogP contribution in [0.25, 0.3) is 0 Å². The number of rotatable bonds is 5. The third-order valence-corrected chi connectivity index (χ3v) is 4.48. The summed E-state index contributed by atoms with van der Waals surface area (Å²) in [4.78, 5) is 22.7. The second kappa shape index (κ2) is 7.03. The Balaban J connectivity index is 2.77. The fraction of sp³-hybridized carbons (Fsp3) is 0.833. The molecule has 0 aromatic rings. The maximum absolute atomic E-state index is 12.2. The van der Waals surface area contributed by atoms with E-state index in [1.165, 1.54) is 11.2 Å². The molecule has 1 amide bonds. The van der Waals surface area contributed by atoms with E-state index >= 15 is 0 Å². The van der Waals surface area contributed by atoms with Gasteiger partial charge in [-0.3, -0.25) is 4.79 Å². The predicted octanol–water partition coefficient (Wildman–Crippen LogP) is 1.20. The Morgan fingerprint density at radius 2 is 2.00 bits per heavy atom. The molecule has 1 saturated heterocycles. The number of nitrogens with zero attached hydrogens (tertiary/aromatic N) is 1. The molecule has 1 aliphatic rings. The van der Waals surface area contributed by atoms with Crippen LogP contribution in [0.15, 0.2) is 0 Å². The second-order valence-electron chi connectivity index (χ2n) is 5.23. The summed E-state index contributed by atoms with van der Waals surface area (Å²) < 4.78 is 32.2. The first kappa shape index (κ1) is 16.9. The molecule has 1 rings (SSSR count). The first-order valence-electron chi connectivity index (χ1n) is 6.72. The number of Topliss-reactive ketones (excluding diaryl/α,β-unsaturated/α-hetero) is 1. The molecule has 0 spiro atoms. The minimum atomic E-state index is -3.97. The van der Waals surface area contributed by atoms with Gasteiger partial charge in [-0.05, 0) is 33.6 Å². The van der Waals surface area contributed by atoms with E-state index in [9.17, 15) is 18.0 Å². The lowest BCUT2D eigenvalue weighted by molar-refractivity contribution is -0.118. The summed E-state index contributed by atoms with van der Waals surface area (Å²) in [6.07, 6.45) is 0.987. The molecule has 1 heterocycles. The summed E-state index contributed by atoms with van der Waals surface area (Å²) in [6, 6.07) is -0.384. The molecule has 1 fully saturated rings. The molecule has 0 aliphatic carbocycles. The maximum atomic E-state index is 12.2. The zero-order chi connectivity index (χ0) is 15.3. The largest absolute Gasteiger partial charge is 0.446 e. The summed E-state index contributed by atoms with van der Waals surface area (Å²) in [5.41, 5.74) is 0. The number of ether oxygens (including phenoxy) is 1. The zero-order valence-electron chi connectivity index (χ0n) is 12.1. The third kappa shape index (κ3) is 5.09. The van der Waals surface area contributed by atoms with Crippen LogP contribution in [-0.4, -0.2) is 43.3 Å². The molecule has 0 aromatic carbocycles. The van der Waals surface area contributed by atoms with E-state index in [1.54, 1.807) is 13.8 Å². The number of hydrogen-bond acceptors (Lipinski definition) is 5. The van der Waals surface area contributed by atoms with Gasteiger partial charge in [0, 0.05) is 19.0 Å². The summed E-state index contributed by atoms with van der Waals surface area (Å²) >= 11 is 0. The molecular weight excluding hydrogens is 284 g/mol. The van der Waals surface area contributed by atoms with E-state index in [0.29, 0.717) is 19.4 Å². The lowest BCUT2D eigenvalue weighted by Crippen LogP contribution is -2.51. The highest BCUT2D eigenvalue weighted by Crippen LogP contribution is 2.22. The number of hydrogen-bond donors (Lipinski definition) is 1. The molecule has 1 unspecified atom stereocenters. The molecule has 0 radical (unpaired) electrons. The summed E-state index contributed by atoms with van der Waals surface area (Å²) in [5, 5.41) is 0. The monoisotopic (exact) mass is 306 g/mol. The van der Waals surface area contributed by atoms with Crippen molar-refractivity contribution in [3.05, 3.63) is 0 Å². The fourth-order valence-corrected chi connectivity index (χ4v) is 3.55. The van der Waals surface area contributed by atoms with Crippen molar-refractivity contribution in [3.8, 4) is 0 Å². The van der Waals surface area contributed by atoms with Gasteiger partial charge in [-0.15, -0.1) is 0 Å². The van der Waals surface area contributed by atoms with Gasteiger partial charge in [0.25, 0.3) is 0 Å². The first-order valence-corrected chi connectivity index (χ1v) is 8.16. The second-order valence-corrected chi connectivity index (χ2v) is 6.85. The van der Waals surface area contributed by atoms with E-state index < -0.39 is 22.4 Å². The molecule has 1 atom stereocenters. The van der Waals surface area contributed by atoms with Gasteiger partial charge in [0.1, 0.15) is 5.78 Å². The van der Waals surface area contributed by atoms with Gasteiger partial charge >= 0.3 is 16.3 Å². The Morgan fingerprint density at radius 3 is 2.55 bits per heavy atom. The van der Waals surface area contributed by atoms with Crippen LogP contribution in [0.1, 0.15) is 46.5 Å². The van der Waals surface area contributed by atoms with Crippen LogP contribution in [-0.2, 0) is 19.7 Å². The molecule has 0 saturated carbocycles. The van der Waals surface area contributed by atoms with Crippen LogP contribution >= 0.6 is 0 Å². The van der Waals surface area contributed by atoms with Gasteiger partial charge in [-0.1, -0.05) is 6.42 Å². The highest BCUT2D eigenvalue weighted by atomic mass is 32.2. The van der Waals surface area contributed by atoms with E-state index in [0.717, 1.165) is 6.42 Å². The summed E-state index contributed by atoms with van der Waals surface area (Å²) in [6.45, 7) is 5.00. The van der Waals surface area contributed by atoms with Crippen LogP contribution in [0.5, 0.6) is 0 Å². The zero-order valence-corrected chi connectivity index (χ0v) is 12.9. The molecule has 0 aromatic heterocycles. The normalized spacial score (nSPS) is 20.7. The number of carbonyl (C=O) groups excluding carboxylic acids is 2. The Morgan fingerprint density at radius 1 is 1.35 bits per heavy atom. The minimum Gasteiger partial charge on any atom is -0.446 e. The van der Waals surface area contributed by atoms with Crippen molar-refractivity contribution < 1.29 is 22.7 Å². The smallest absolute Gasteiger partial charge is 0.422 e. The van der Waals surface area contributed by atoms with Gasteiger partial charge in [-0.2, -0.15) is 12.7 Å². The first-order chi connectivity index (χ1) is 9.22. The Kier molecular flexibility index (Phi) is 5.94. The van der Waals surface area contributed by atoms with Gasteiger partial charge < -0.3 is 4.74 Å². The molecule has 1 N–H and O–H groups in total. The Labute approximate surface area is 119 Å². The van der Waals surface area contributed by atoms with Crippen LogP contribution in [0, 0.1) is 0 Å². The van der Waals surface area contributed by atoms with Gasteiger partial charge in [0.2, 0.25) is 0 Å². The number of piperidine rings is 1. The number of nitrogens with one attached hydrogen (secondary N) is 1. The maximum Gasteiger partial charge on any atom is 0.422 e. The van der Waals surface area contributed by atoms with E-state index in [4.69, 9.17) is 4.74 Å². The van der Waals surface area contributed by atoms with Crippen LogP contribution in [0.2, 0.25) is 0 Å². The van der Waals surface area contributed by atoms with E-state index in [1.807, 2.05) is 4.72 Å². The number of ketones is 1. The quantitative estimate of drug-likeness (QED) is 0.824. The highest BCUT2D eigenvalue weighted by molar-refractivity contribution is 7.87. The summed E-state index contributed by atoms with van der Waals surface area (Å²) in [7, 11) is -3.97. The van der Waals surface area contributed by atoms with E-state index in [2.05, 4.69) is 0 Å². The number of carbonyl (C=O) groups is 2. The van der Waals surface area contributed by atoms with E-state index in [-0.39, 0.29) is 18.2 Å². The summed E-state index contributed by atoms with van der Waals surface area (Å²) in [5.74, 6) is -0.0677. The molecule has 116 valence electrons. The van der Waals surface area contributed by atoms with Crippen LogP contribution < -0.4 is 4.72 Å². The Hall–Kier alpha value is -1.15. The van der Waals surface area contributed by atoms with Crippen molar-refractivity contribution in [2.45, 2.75) is 58.6 Å². The SMILES string of the molecule is CC(=O)CC1CCCCN1S(=O)(=O)NC(=O)OC(C)C. The number of amides is 1. The molecule has 8 heteroatoms. The van der Waals surface area contributed by atoms with Gasteiger partial charge in [-0.25, -0.2) is 9.52 Å². The molecular formula is C12H22N2O5S. The lowest BCUT2D eigenvalue weighted by atomic mass is 10.0.